The van der Waals surface area contributed by atoms with Gasteiger partial charge in [-0.05, 0) is 43.9 Å². The molecule has 128 valence electrons. The van der Waals surface area contributed by atoms with Crippen molar-refractivity contribution >= 4 is 40.5 Å². The fourth-order valence-corrected chi connectivity index (χ4v) is 4.12. The van der Waals surface area contributed by atoms with Crippen LogP contribution in [-0.4, -0.2) is 22.1 Å². The zero-order valence-electron chi connectivity index (χ0n) is 13.0. The minimum atomic E-state index is -0.670. The van der Waals surface area contributed by atoms with E-state index in [0.29, 0.717) is 22.6 Å². The molecule has 0 atom stereocenters. The van der Waals surface area contributed by atoms with Gasteiger partial charge in [-0.15, -0.1) is 11.3 Å². The van der Waals surface area contributed by atoms with Crippen LogP contribution in [0, 0.1) is 5.92 Å². The number of hydrogen-bond acceptors (Lipinski definition) is 4. The maximum Gasteiger partial charge on any atom is 0.306 e. The molecule has 1 aromatic carbocycles. The molecule has 1 aromatic heterocycles. The van der Waals surface area contributed by atoms with Crippen LogP contribution in [-0.2, 0) is 11.3 Å². The molecule has 7 heteroatoms. The van der Waals surface area contributed by atoms with Gasteiger partial charge in [-0.2, -0.15) is 0 Å². The standard InChI is InChI=1S/C17H18Cl2N2O2S/c18-11-3-6-14(19)13(7-11)15-9-24-16(21-15)8-20-12-4-1-10(2-5-12)17(22)23/h3,6-7,9-10,12,20H,1-2,4-5,8H2,(H,22,23). The number of rotatable bonds is 5. The van der Waals surface area contributed by atoms with Gasteiger partial charge in [-0.25, -0.2) is 4.98 Å². The molecule has 2 aromatic rings. The van der Waals surface area contributed by atoms with Crippen molar-refractivity contribution in [2.24, 2.45) is 5.92 Å². The molecule has 2 N–H and O–H groups in total. The molecule has 0 unspecified atom stereocenters. The number of halogens is 2. The molecule has 0 amide bonds. The molecule has 0 radical (unpaired) electrons. The van der Waals surface area contributed by atoms with Gasteiger partial charge >= 0.3 is 5.97 Å². The maximum absolute atomic E-state index is 11.0. The van der Waals surface area contributed by atoms with Crippen LogP contribution < -0.4 is 5.32 Å². The van der Waals surface area contributed by atoms with E-state index in [2.05, 4.69) is 10.3 Å². The van der Waals surface area contributed by atoms with Crippen LogP contribution in [0.3, 0.4) is 0 Å². The summed E-state index contributed by atoms with van der Waals surface area (Å²) in [5.74, 6) is -0.851. The number of thiazole rings is 1. The first kappa shape index (κ1) is 17.7. The molecule has 24 heavy (non-hydrogen) atoms. The van der Waals surface area contributed by atoms with Crippen molar-refractivity contribution in [1.82, 2.24) is 10.3 Å². The van der Waals surface area contributed by atoms with E-state index in [1.807, 2.05) is 11.4 Å². The lowest BCUT2D eigenvalue weighted by Gasteiger charge is -2.26. The summed E-state index contributed by atoms with van der Waals surface area (Å²) in [5.41, 5.74) is 1.67. The minimum absolute atomic E-state index is 0.181. The number of carboxylic acid groups (broad SMARTS) is 1. The van der Waals surface area contributed by atoms with Crippen molar-refractivity contribution < 1.29 is 9.90 Å². The van der Waals surface area contributed by atoms with Crippen LogP contribution in [0.4, 0.5) is 0 Å². The Morgan fingerprint density at radius 2 is 2.04 bits per heavy atom. The summed E-state index contributed by atoms with van der Waals surface area (Å²) >= 11 is 13.8. The highest BCUT2D eigenvalue weighted by molar-refractivity contribution is 7.09. The molecule has 1 saturated carbocycles. The van der Waals surface area contributed by atoms with Gasteiger partial charge in [0.2, 0.25) is 0 Å². The van der Waals surface area contributed by atoms with Crippen molar-refractivity contribution in [3.05, 3.63) is 38.6 Å². The molecule has 0 saturated heterocycles. The van der Waals surface area contributed by atoms with Gasteiger partial charge in [0.15, 0.2) is 0 Å². The van der Waals surface area contributed by atoms with Gasteiger partial charge in [0.1, 0.15) is 5.01 Å². The van der Waals surface area contributed by atoms with E-state index in [-0.39, 0.29) is 5.92 Å². The number of carboxylic acids is 1. The average molecular weight is 385 g/mol. The molecule has 0 spiro atoms. The zero-order chi connectivity index (χ0) is 17.1. The number of carbonyl (C=O) groups is 1. The van der Waals surface area contributed by atoms with Crippen molar-refractivity contribution in [2.75, 3.05) is 0 Å². The lowest BCUT2D eigenvalue weighted by Crippen LogP contribution is -2.34. The quantitative estimate of drug-likeness (QED) is 0.773. The number of hydrogen-bond donors (Lipinski definition) is 2. The average Bonchev–Trinajstić information content (AvgIpc) is 3.04. The second-order valence-corrected chi connectivity index (χ2v) is 7.80. The van der Waals surface area contributed by atoms with Crippen molar-refractivity contribution in [3.63, 3.8) is 0 Å². The highest BCUT2D eigenvalue weighted by Gasteiger charge is 2.25. The summed E-state index contributed by atoms with van der Waals surface area (Å²) in [4.78, 5) is 15.6. The molecule has 1 heterocycles. The molecule has 1 aliphatic rings. The monoisotopic (exact) mass is 384 g/mol. The van der Waals surface area contributed by atoms with Crippen LogP contribution in [0.25, 0.3) is 11.3 Å². The SMILES string of the molecule is O=C(O)C1CCC(NCc2nc(-c3cc(Cl)ccc3Cl)cs2)CC1. The number of aliphatic carboxylic acids is 1. The number of nitrogens with one attached hydrogen (secondary N) is 1. The Morgan fingerprint density at radius 1 is 1.29 bits per heavy atom. The van der Waals surface area contributed by atoms with Crippen LogP contribution in [0.2, 0.25) is 10.0 Å². The number of aromatic nitrogens is 1. The van der Waals surface area contributed by atoms with E-state index in [9.17, 15) is 4.79 Å². The second-order valence-electron chi connectivity index (χ2n) is 6.02. The Hall–Kier alpha value is -1.14. The molecule has 1 fully saturated rings. The largest absolute Gasteiger partial charge is 0.481 e. The van der Waals surface area contributed by atoms with Crippen molar-refractivity contribution in [1.29, 1.82) is 0 Å². The summed E-state index contributed by atoms with van der Waals surface area (Å²) in [6.45, 7) is 0.686. The molecule has 3 rings (SSSR count). The van der Waals surface area contributed by atoms with Gasteiger partial charge in [0.25, 0.3) is 0 Å². The first-order valence-electron chi connectivity index (χ1n) is 7.89. The topological polar surface area (TPSA) is 62.2 Å². The van der Waals surface area contributed by atoms with Gasteiger partial charge in [0, 0.05) is 28.6 Å². The van der Waals surface area contributed by atoms with Gasteiger partial charge in [0.05, 0.1) is 16.6 Å². The minimum Gasteiger partial charge on any atom is -0.481 e. The first-order chi connectivity index (χ1) is 11.5. The number of nitrogens with zero attached hydrogens (tertiary/aromatic N) is 1. The molecular formula is C17H18Cl2N2O2S. The molecule has 0 bridgehead atoms. The van der Waals surface area contributed by atoms with Gasteiger partial charge < -0.3 is 10.4 Å². The van der Waals surface area contributed by atoms with E-state index in [1.54, 1.807) is 23.5 Å². The fraction of sp³-hybridized carbons (Fsp3) is 0.412. The summed E-state index contributed by atoms with van der Waals surface area (Å²) < 4.78 is 0. The Labute approximate surface area is 154 Å². The third kappa shape index (κ3) is 4.28. The van der Waals surface area contributed by atoms with Crippen LogP contribution >= 0.6 is 34.5 Å². The van der Waals surface area contributed by atoms with Crippen molar-refractivity contribution in [3.8, 4) is 11.3 Å². The summed E-state index contributed by atoms with van der Waals surface area (Å²) in [5, 5.41) is 16.8. The fourth-order valence-electron chi connectivity index (χ4n) is 2.99. The van der Waals surface area contributed by atoms with Crippen LogP contribution in [0.15, 0.2) is 23.6 Å². The highest BCUT2D eigenvalue weighted by atomic mass is 35.5. The predicted molar refractivity (Wildman–Crippen MR) is 97.8 cm³/mol. The summed E-state index contributed by atoms with van der Waals surface area (Å²) in [6.07, 6.45) is 3.28. The van der Waals surface area contributed by atoms with Crippen LogP contribution in [0.5, 0.6) is 0 Å². The highest BCUT2D eigenvalue weighted by Crippen LogP contribution is 2.31. The summed E-state index contributed by atoms with van der Waals surface area (Å²) in [7, 11) is 0. The molecule has 0 aliphatic heterocycles. The van der Waals surface area contributed by atoms with Crippen LogP contribution in [0.1, 0.15) is 30.7 Å². The molecule has 1 aliphatic carbocycles. The van der Waals surface area contributed by atoms with Gasteiger partial charge in [-0.3, -0.25) is 4.79 Å². The van der Waals surface area contributed by atoms with E-state index >= 15 is 0 Å². The van der Waals surface area contributed by atoms with Crippen molar-refractivity contribution in [2.45, 2.75) is 38.3 Å². The van der Waals surface area contributed by atoms with E-state index in [1.165, 1.54) is 0 Å². The lowest BCUT2D eigenvalue weighted by molar-refractivity contribution is -0.142. The smallest absolute Gasteiger partial charge is 0.306 e. The normalized spacial score (nSPS) is 20.9. The van der Waals surface area contributed by atoms with E-state index in [4.69, 9.17) is 28.3 Å². The Morgan fingerprint density at radius 3 is 2.75 bits per heavy atom. The Kier molecular flexibility index (Phi) is 5.76. The van der Waals surface area contributed by atoms with E-state index in [0.717, 1.165) is 41.9 Å². The van der Waals surface area contributed by atoms with E-state index < -0.39 is 5.97 Å². The Balaban J connectivity index is 1.57. The summed E-state index contributed by atoms with van der Waals surface area (Å²) in [6, 6.07) is 5.72. The van der Waals surface area contributed by atoms with Gasteiger partial charge in [-0.1, -0.05) is 23.2 Å². The lowest BCUT2D eigenvalue weighted by atomic mass is 9.86. The predicted octanol–water partition coefficient (Wildman–Crippen LogP) is 4.85. The Bertz CT molecular complexity index is 727. The molecule has 4 nitrogen and oxygen atoms in total. The third-order valence-electron chi connectivity index (χ3n) is 4.37. The third-order valence-corrected chi connectivity index (χ3v) is 5.79. The zero-order valence-corrected chi connectivity index (χ0v) is 15.3. The first-order valence-corrected chi connectivity index (χ1v) is 9.52. The molecular weight excluding hydrogens is 367 g/mol. The second kappa shape index (κ2) is 7.83. The number of benzene rings is 1. The maximum atomic E-state index is 11.0.